The molecule has 3 atom stereocenters. The van der Waals surface area contributed by atoms with Gasteiger partial charge >= 0.3 is 6.09 Å². The second kappa shape index (κ2) is 19.7. The van der Waals surface area contributed by atoms with Gasteiger partial charge in [-0.1, -0.05) is 66.7 Å². The first-order chi connectivity index (χ1) is 20.1. The molecule has 9 nitrogen and oxygen atoms in total. The van der Waals surface area contributed by atoms with Crippen LogP contribution in [-0.4, -0.2) is 54.2 Å². The van der Waals surface area contributed by atoms with Crippen molar-refractivity contribution in [3.63, 3.8) is 0 Å². The Labute approximate surface area is 256 Å². The quantitative estimate of drug-likeness (QED) is 0.176. The normalized spacial score (nSPS) is 16.1. The molecule has 0 aliphatic heterocycles. The highest BCUT2D eigenvalue weighted by atomic mass is 32.2. The topological polar surface area (TPSA) is 127 Å². The smallest absolute Gasteiger partial charge is 0.407 e. The van der Waals surface area contributed by atoms with E-state index in [1.54, 1.807) is 6.26 Å². The Bertz CT molecular complexity index is 946. The third-order valence-electron chi connectivity index (χ3n) is 7.45. The number of rotatable bonds is 19. The van der Waals surface area contributed by atoms with E-state index < -0.39 is 30.1 Å². The molecule has 1 aromatic rings. The molecule has 2 rings (SSSR count). The van der Waals surface area contributed by atoms with Gasteiger partial charge in [-0.25, -0.2) is 4.79 Å². The van der Waals surface area contributed by atoms with E-state index >= 15 is 0 Å². The average Bonchev–Trinajstić information content (AvgIpc) is 3.47. The SMILES string of the molecule is CCCC[C@H](NC(=O)[C@H](CC(C)C)NC(=O)[C@H](CC(C)C)NC(=O)OCC1CCCCC1)C(=O)CSCc1ccco1. The lowest BCUT2D eigenvalue weighted by Crippen LogP contribution is -2.56. The number of hydrogen-bond donors (Lipinski definition) is 3. The predicted octanol–water partition coefficient (Wildman–Crippen LogP) is 6.01. The molecule has 0 unspecified atom stereocenters. The number of ketones is 1. The molecule has 1 aliphatic rings. The van der Waals surface area contributed by atoms with Gasteiger partial charge in [0, 0.05) is 0 Å². The maximum Gasteiger partial charge on any atom is 0.407 e. The second-order valence-electron chi connectivity index (χ2n) is 12.4. The molecule has 1 heterocycles. The minimum Gasteiger partial charge on any atom is -0.468 e. The minimum absolute atomic E-state index is 0.0527. The van der Waals surface area contributed by atoms with E-state index in [4.69, 9.17) is 9.15 Å². The summed E-state index contributed by atoms with van der Waals surface area (Å²) >= 11 is 1.45. The van der Waals surface area contributed by atoms with Gasteiger partial charge in [-0.15, -0.1) is 11.8 Å². The number of carbonyl (C=O) groups is 4. The van der Waals surface area contributed by atoms with E-state index in [1.807, 2.05) is 46.8 Å². The zero-order chi connectivity index (χ0) is 30.9. The van der Waals surface area contributed by atoms with Crippen LogP contribution in [0.4, 0.5) is 4.79 Å². The summed E-state index contributed by atoms with van der Waals surface area (Å²) in [6.45, 7) is 10.3. The summed E-state index contributed by atoms with van der Waals surface area (Å²) in [6, 6.07) is 1.38. The van der Waals surface area contributed by atoms with Gasteiger partial charge in [0.05, 0.1) is 30.4 Å². The van der Waals surface area contributed by atoms with Gasteiger partial charge in [0.1, 0.15) is 17.8 Å². The van der Waals surface area contributed by atoms with Gasteiger partial charge in [0.2, 0.25) is 11.8 Å². The molecular weight excluding hydrogens is 554 g/mol. The van der Waals surface area contributed by atoms with Crippen LogP contribution in [0, 0.1) is 17.8 Å². The first-order valence-electron chi connectivity index (χ1n) is 15.8. The number of thioether (sulfide) groups is 1. The van der Waals surface area contributed by atoms with Gasteiger partial charge in [0.25, 0.3) is 0 Å². The largest absolute Gasteiger partial charge is 0.468 e. The van der Waals surface area contributed by atoms with Crippen LogP contribution in [0.2, 0.25) is 0 Å². The molecule has 0 bridgehead atoms. The zero-order valence-corrected chi connectivity index (χ0v) is 27.1. The standard InChI is InChI=1S/C32H53N3O6S/c1-6-7-15-26(29(36)21-42-20-25-14-11-16-40-25)33-30(37)27(17-22(2)3)34-31(38)28(18-23(4)5)35-32(39)41-19-24-12-9-8-10-13-24/h11,14,16,22-24,26-28H,6-10,12-13,15,17-21H2,1-5H3,(H,33,37)(H,34,38)(H,35,39)/t26-,27-,28-/m0/s1. The zero-order valence-electron chi connectivity index (χ0n) is 26.2. The van der Waals surface area contributed by atoms with Crippen molar-refractivity contribution < 1.29 is 28.3 Å². The van der Waals surface area contributed by atoms with E-state index in [0.29, 0.717) is 37.5 Å². The molecule has 0 aromatic carbocycles. The lowest BCUT2D eigenvalue weighted by molar-refractivity contribution is -0.132. The van der Waals surface area contributed by atoms with Crippen LogP contribution in [0.15, 0.2) is 22.8 Å². The van der Waals surface area contributed by atoms with Crippen molar-refractivity contribution in [2.24, 2.45) is 17.8 Å². The van der Waals surface area contributed by atoms with Gasteiger partial charge < -0.3 is 25.1 Å². The van der Waals surface area contributed by atoms with E-state index in [2.05, 4.69) is 16.0 Å². The molecule has 238 valence electrons. The highest BCUT2D eigenvalue weighted by Gasteiger charge is 2.30. The lowest BCUT2D eigenvalue weighted by Gasteiger charge is -2.27. The third-order valence-corrected chi connectivity index (χ3v) is 8.43. The number of furan rings is 1. The Kier molecular flexibility index (Phi) is 16.7. The summed E-state index contributed by atoms with van der Waals surface area (Å²) in [5.41, 5.74) is 0. The van der Waals surface area contributed by atoms with Crippen molar-refractivity contribution in [2.45, 2.75) is 123 Å². The molecule has 42 heavy (non-hydrogen) atoms. The molecule has 0 radical (unpaired) electrons. The van der Waals surface area contributed by atoms with Crippen LogP contribution in [-0.2, 0) is 24.9 Å². The summed E-state index contributed by atoms with van der Waals surface area (Å²) in [5.74, 6) is 1.38. The van der Waals surface area contributed by atoms with Crippen LogP contribution < -0.4 is 16.0 Å². The monoisotopic (exact) mass is 607 g/mol. The number of nitrogens with one attached hydrogen (secondary N) is 3. The molecule has 3 amide bonds. The molecule has 3 N–H and O–H groups in total. The van der Waals surface area contributed by atoms with Crippen LogP contribution in [0.3, 0.4) is 0 Å². The molecule has 1 aliphatic carbocycles. The highest BCUT2D eigenvalue weighted by molar-refractivity contribution is 7.99. The minimum atomic E-state index is -0.833. The average molecular weight is 608 g/mol. The Morgan fingerprint density at radius 1 is 0.929 bits per heavy atom. The first-order valence-corrected chi connectivity index (χ1v) is 16.9. The fourth-order valence-corrected chi connectivity index (χ4v) is 6.02. The molecular formula is C32H53N3O6S. The summed E-state index contributed by atoms with van der Waals surface area (Å²) in [4.78, 5) is 52.6. The van der Waals surface area contributed by atoms with Crippen molar-refractivity contribution in [1.82, 2.24) is 16.0 Å². The molecule has 0 saturated heterocycles. The van der Waals surface area contributed by atoms with Crippen molar-refractivity contribution in [2.75, 3.05) is 12.4 Å². The van der Waals surface area contributed by atoms with Crippen LogP contribution in [0.5, 0.6) is 0 Å². The molecule has 10 heteroatoms. The van der Waals surface area contributed by atoms with Crippen LogP contribution in [0.25, 0.3) is 0 Å². The maximum atomic E-state index is 13.5. The van der Waals surface area contributed by atoms with Crippen molar-refractivity contribution >= 4 is 35.5 Å². The number of amides is 3. The fraction of sp³-hybridized carbons (Fsp3) is 0.750. The molecule has 1 saturated carbocycles. The summed E-state index contributed by atoms with van der Waals surface area (Å²) in [5, 5.41) is 8.55. The number of carbonyl (C=O) groups excluding carboxylic acids is 4. The van der Waals surface area contributed by atoms with E-state index in [0.717, 1.165) is 44.3 Å². The molecule has 1 fully saturated rings. The number of ether oxygens (including phenoxy) is 1. The van der Waals surface area contributed by atoms with Gasteiger partial charge in [-0.3, -0.25) is 14.4 Å². The first kappa shape index (κ1) is 35.7. The third kappa shape index (κ3) is 14.1. The van der Waals surface area contributed by atoms with Gasteiger partial charge in [-0.2, -0.15) is 0 Å². The van der Waals surface area contributed by atoms with E-state index in [9.17, 15) is 19.2 Å². The van der Waals surface area contributed by atoms with Gasteiger partial charge in [0.15, 0.2) is 5.78 Å². The number of hydrogen-bond acceptors (Lipinski definition) is 7. The summed E-state index contributed by atoms with van der Waals surface area (Å²) in [6.07, 6.45) is 9.68. The fourth-order valence-electron chi connectivity index (χ4n) is 5.15. The molecule has 1 aromatic heterocycles. The van der Waals surface area contributed by atoms with Crippen molar-refractivity contribution in [3.8, 4) is 0 Å². The van der Waals surface area contributed by atoms with E-state index in [-0.39, 0.29) is 29.3 Å². The van der Waals surface area contributed by atoms with E-state index in [1.165, 1.54) is 18.2 Å². The Balaban J connectivity index is 2.01. The summed E-state index contributed by atoms with van der Waals surface area (Å²) < 4.78 is 10.8. The Morgan fingerprint density at radius 2 is 1.55 bits per heavy atom. The number of unbranched alkanes of at least 4 members (excludes halogenated alkanes) is 1. The van der Waals surface area contributed by atoms with Crippen LogP contribution in [0.1, 0.15) is 105 Å². The number of alkyl carbamates (subject to hydrolysis) is 1. The van der Waals surface area contributed by atoms with Crippen molar-refractivity contribution in [1.29, 1.82) is 0 Å². The predicted molar refractivity (Wildman–Crippen MR) is 167 cm³/mol. The van der Waals surface area contributed by atoms with Gasteiger partial charge in [-0.05, 0) is 62.0 Å². The summed E-state index contributed by atoms with van der Waals surface area (Å²) in [7, 11) is 0. The highest BCUT2D eigenvalue weighted by Crippen LogP contribution is 2.23. The molecule has 0 spiro atoms. The lowest BCUT2D eigenvalue weighted by atomic mass is 9.90. The van der Waals surface area contributed by atoms with Crippen molar-refractivity contribution in [3.05, 3.63) is 24.2 Å². The maximum absolute atomic E-state index is 13.5. The Hall–Kier alpha value is -2.49. The second-order valence-corrected chi connectivity index (χ2v) is 13.3. The van der Waals surface area contributed by atoms with Crippen LogP contribution >= 0.6 is 11.8 Å². The number of Topliss-reactive ketones (excluding diaryl/α,β-unsaturated/α-hetero) is 1. The Morgan fingerprint density at radius 3 is 2.12 bits per heavy atom.